The van der Waals surface area contributed by atoms with Crippen molar-refractivity contribution in [3.8, 4) is 0 Å². The molecule has 0 radical (unpaired) electrons. The van der Waals surface area contributed by atoms with Crippen LogP contribution >= 0.6 is 23.1 Å². The Balaban J connectivity index is 2.19. The Morgan fingerprint density at radius 3 is 2.89 bits per heavy atom. The van der Waals surface area contributed by atoms with Crippen molar-refractivity contribution >= 4 is 34.9 Å². The lowest BCUT2D eigenvalue weighted by molar-refractivity contribution is -0.127. The van der Waals surface area contributed by atoms with Gasteiger partial charge in [0.25, 0.3) is 0 Å². The summed E-state index contributed by atoms with van der Waals surface area (Å²) in [4.78, 5) is 24.2. The second-order valence-corrected chi connectivity index (χ2v) is 5.77. The molecule has 0 aliphatic heterocycles. The van der Waals surface area contributed by atoms with Gasteiger partial charge in [0.15, 0.2) is 0 Å². The zero-order chi connectivity index (χ0) is 13.4. The lowest BCUT2D eigenvalue weighted by Crippen LogP contribution is -2.45. The molecule has 1 aromatic heterocycles. The molecule has 1 aromatic rings. The van der Waals surface area contributed by atoms with Crippen molar-refractivity contribution in [1.29, 1.82) is 0 Å². The highest BCUT2D eigenvalue weighted by Gasteiger charge is 2.14. The molecule has 0 fully saturated rings. The van der Waals surface area contributed by atoms with Crippen LogP contribution in [0.25, 0.3) is 0 Å². The Kier molecular flexibility index (Phi) is 6.82. The molecule has 2 N–H and O–H groups in total. The molecule has 0 bridgehead atoms. The third-order valence-electron chi connectivity index (χ3n) is 2.18. The second kappa shape index (κ2) is 8.16. The van der Waals surface area contributed by atoms with Crippen LogP contribution in [0.2, 0.25) is 0 Å². The fourth-order valence-corrected chi connectivity index (χ4v) is 2.99. The summed E-state index contributed by atoms with van der Waals surface area (Å²) in [6.45, 7) is 4.11. The van der Waals surface area contributed by atoms with Gasteiger partial charge in [0, 0.05) is 17.2 Å². The lowest BCUT2D eigenvalue weighted by Gasteiger charge is -2.12. The summed E-state index contributed by atoms with van der Waals surface area (Å²) in [6.07, 6.45) is 0. The highest BCUT2D eigenvalue weighted by Crippen LogP contribution is 2.16. The molecule has 6 heteroatoms. The standard InChI is InChI=1S/C12H18N2O2S2/c1-3-13-12(16)9(2)14-11(15)8-17-7-10-5-4-6-18-10/h4-6,9H,3,7-8H2,1-2H3,(H,13,16)(H,14,15)/t9-/m1/s1. The van der Waals surface area contributed by atoms with E-state index in [0.717, 1.165) is 5.75 Å². The first-order chi connectivity index (χ1) is 8.63. The molecule has 1 atom stereocenters. The monoisotopic (exact) mass is 286 g/mol. The van der Waals surface area contributed by atoms with Gasteiger partial charge in [-0.05, 0) is 25.3 Å². The van der Waals surface area contributed by atoms with Crippen molar-refractivity contribution in [1.82, 2.24) is 10.6 Å². The van der Waals surface area contributed by atoms with Gasteiger partial charge in [-0.15, -0.1) is 23.1 Å². The summed E-state index contributed by atoms with van der Waals surface area (Å²) in [7, 11) is 0. The molecule has 18 heavy (non-hydrogen) atoms. The third kappa shape index (κ3) is 5.55. The highest BCUT2D eigenvalue weighted by atomic mass is 32.2. The molecular weight excluding hydrogens is 268 g/mol. The van der Waals surface area contributed by atoms with Gasteiger partial charge in [-0.2, -0.15) is 0 Å². The van der Waals surface area contributed by atoms with Crippen molar-refractivity contribution in [2.24, 2.45) is 0 Å². The second-order valence-electron chi connectivity index (χ2n) is 3.76. The molecular formula is C12H18N2O2S2. The summed E-state index contributed by atoms with van der Waals surface area (Å²) in [5.74, 6) is 0.965. The fraction of sp³-hybridized carbons (Fsp3) is 0.500. The van der Waals surface area contributed by atoms with Gasteiger partial charge < -0.3 is 10.6 Å². The first-order valence-corrected chi connectivity index (χ1v) is 7.84. The SMILES string of the molecule is CCNC(=O)[C@@H](C)NC(=O)CSCc1cccs1. The first-order valence-electron chi connectivity index (χ1n) is 5.80. The average Bonchev–Trinajstić information content (AvgIpc) is 2.82. The number of thioether (sulfide) groups is 1. The number of carbonyl (C=O) groups is 2. The molecule has 4 nitrogen and oxygen atoms in total. The van der Waals surface area contributed by atoms with Crippen LogP contribution in [0.4, 0.5) is 0 Å². The molecule has 100 valence electrons. The van der Waals surface area contributed by atoms with E-state index in [0.29, 0.717) is 12.3 Å². The van der Waals surface area contributed by atoms with Crippen LogP contribution in [0.5, 0.6) is 0 Å². The molecule has 0 aliphatic rings. The fourth-order valence-electron chi connectivity index (χ4n) is 1.32. The average molecular weight is 286 g/mol. The van der Waals surface area contributed by atoms with Crippen LogP contribution in [-0.2, 0) is 15.3 Å². The van der Waals surface area contributed by atoms with Crippen LogP contribution in [0.1, 0.15) is 18.7 Å². The maximum absolute atomic E-state index is 11.6. The van der Waals surface area contributed by atoms with Crippen molar-refractivity contribution in [3.63, 3.8) is 0 Å². The van der Waals surface area contributed by atoms with Crippen LogP contribution in [0.3, 0.4) is 0 Å². The minimum atomic E-state index is -0.472. The maximum atomic E-state index is 11.6. The minimum absolute atomic E-state index is 0.102. The molecule has 0 spiro atoms. The summed E-state index contributed by atoms with van der Waals surface area (Å²) in [6, 6.07) is 3.57. The van der Waals surface area contributed by atoms with Gasteiger partial charge in [0.2, 0.25) is 11.8 Å². The van der Waals surface area contributed by atoms with Crippen LogP contribution < -0.4 is 10.6 Å². The van der Waals surface area contributed by atoms with Gasteiger partial charge in [-0.3, -0.25) is 9.59 Å². The number of hydrogen-bond acceptors (Lipinski definition) is 4. The quantitative estimate of drug-likeness (QED) is 0.801. The third-order valence-corrected chi connectivity index (χ3v) is 4.22. The molecule has 0 saturated carbocycles. The van der Waals surface area contributed by atoms with Gasteiger partial charge in [0.1, 0.15) is 6.04 Å². The molecule has 0 unspecified atom stereocenters. The number of amides is 2. The number of nitrogens with one attached hydrogen (secondary N) is 2. The predicted molar refractivity (Wildman–Crippen MR) is 76.8 cm³/mol. The van der Waals surface area contributed by atoms with Crippen molar-refractivity contribution in [2.45, 2.75) is 25.6 Å². The Labute approximate surface area is 116 Å². The number of hydrogen-bond donors (Lipinski definition) is 2. The van der Waals surface area contributed by atoms with Gasteiger partial charge in [-0.25, -0.2) is 0 Å². The van der Waals surface area contributed by atoms with Crippen LogP contribution in [0, 0.1) is 0 Å². The van der Waals surface area contributed by atoms with E-state index < -0.39 is 6.04 Å². The van der Waals surface area contributed by atoms with E-state index in [1.807, 2.05) is 24.4 Å². The van der Waals surface area contributed by atoms with Crippen LogP contribution in [-0.4, -0.2) is 30.2 Å². The largest absolute Gasteiger partial charge is 0.355 e. The Morgan fingerprint density at radius 1 is 1.50 bits per heavy atom. The van der Waals surface area contributed by atoms with E-state index in [1.165, 1.54) is 4.88 Å². The number of carbonyl (C=O) groups excluding carboxylic acids is 2. The number of thiophene rings is 1. The zero-order valence-corrected chi connectivity index (χ0v) is 12.2. The zero-order valence-electron chi connectivity index (χ0n) is 10.6. The predicted octanol–water partition coefficient (Wildman–Crippen LogP) is 1.62. The molecule has 0 aromatic carbocycles. The minimum Gasteiger partial charge on any atom is -0.355 e. The molecule has 2 amide bonds. The summed E-state index contributed by atoms with van der Waals surface area (Å²) in [5, 5.41) is 7.37. The number of likely N-dealkylation sites (N-methyl/N-ethyl adjacent to an activating group) is 1. The van der Waals surface area contributed by atoms with Gasteiger partial charge >= 0.3 is 0 Å². The maximum Gasteiger partial charge on any atom is 0.242 e. The van der Waals surface area contributed by atoms with Crippen molar-refractivity contribution < 1.29 is 9.59 Å². The summed E-state index contributed by atoms with van der Waals surface area (Å²) >= 11 is 3.24. The Morgan fingerprint density at radius 2 is 2.28 bits per heavy atom. The van der Waals surface area contributed by atoms with Crippen molar-refractivity contribution in [2.75, 3.05) is 12.3 Å². The van der Waals surface area contributed by atoms with Gasteiger partial charge in [0.05, 0.1) is 5.75 Å². The Bertz CT molecular complexity index is 379. The van der Waals surface area contributed by atoms with E-state index in [-0.39, 0.29) is 11.8 Å². The van der Waals surface area contributed by atoms with E-state index >= 15 is 0 Å². The van der Waals surface area contributed by atoms with E-state index in [9.17, 15) is 9.59 Å². The summed E-state index contributed by atoms with van der Waals surface area (Å²) in [5.41, 5.74) is 0. The number of rotatable bonds is 7. The smallest absolute Gasteiger partial charge is 0.242 e. The molecule has 0 saturated heterocycles. The van der Waals surface area contributed by atoms with E-state index in [1.54, 1.807) is 30.0 Å². The lowest BCUT2D eigenvalue weighted by atomic mass is 10.3. The molecule has 1 heterocycles. The normalized spacial score (nSPS) is 11.9. The Hall–Kier alpha value is -1.01. The van der Waals surface area contributed by atoms with E-state index in [2.05, 4.69) is 10.6 Å². The summed E-state index contributed by atoms with van der Waals surface area (Å²) < 4.78 is 0. The van der Waals surface area contributed by atoms with Gasteiger partial charge in [-0.1, -0.05) is 6.07 Å². The van der Waals surface area contributed by atoms with E-state index in [4.69, 9.17) is 0 Å². The van der Waals surface area contributed by atoms with Crippen molar-refractivity contribution in [3.05, 3.63) is 22.4 Å². The topological polar surface area (TPSA) is 58.2 Å². The molecule has 1 rings (SSSR count). The van der Waals surface area contributed by atoms with Crippen LogP contribution in [0.15, 0.2) is 17.5 Å². The highest BCUT2D eigenvalue weighted by molar-refractivity contribution is 7.99. The first kappa shape index (κ1) is 15.0. The molecule has 0 aliphatic carbocycles.